The van der Waals surface area contributed by atoms with E-state index in [-0.39, 0.29) is 17.7 Å². The second-order valence-corrected chi connectivity index (χ2v) is 7.10. The van der Waals surface area contributed by atoms with Crippen molar-refractivity contribution in [2.45, 2.75) is 13.0 Å². The van der Waals surface area contributed by atoms with Crippen LogP contribution in [0.2, 0.25) is 5.02 Å². The molecule has 1 fully saturated rings. The zero-order valence-electron chi connectivity index (χ0n) is 15.6. The lowest BCUT2D eigenvalue weighted by Gasteiger charge is -2.36. The number of urea groups is 1. The molecule has 1 aliphatic rings. The molecule has 148 valence electrons. The molecule has 0 aromatic heterocycles. The molecular formula is C20H23ClN4O3. The second kappa shape index (κ2) is 8.84. The number of benzene rings is 2. The van der Waals surface area contributed by atoms with E-state index < -0.39 is 6.04 Å². The monoisotopic (exact) mass is 402 g/mol. The molecule has 28 heavy (non-hydrogen) atoms. The quantitative estimate of drug-likeness (QED) is 0.734. The zero-order chi connectivity index (χ0) is 20.1. The van der Waals surface area contributed by atoms with Gasteiger partial charge in [-0.25, -0.2) is 4.79 Å². The maximum Gasteiger partial charge on any atom is 0.318 e. The van der Waals surface area contributed by atoms with E-state index in [1.54, 1.807) is 24.0 Å². The fourth-order valence-corrected chi connectivity index (χ4v) is 3.12. The van der Waals surface area contributed by atoms with Crippen LogP contribution in [0.15, 0.2) is 48.5 Å². The summed E-state index contributed by atoms with van der Waals surface area (Å²) in [6.45, 7) is 4.17. The van der Waals surface area contributed by atoms with Gasteiger partial charge in [-0.1, -0.05) is 17.7 Å². The van der Waals surface area contributed by atoms with Crippen LogP contribution >= 0.6 is 11.6 Å². The first-order chi connectivity index (χ1) is 13.4. The van der Waals surface area contributed by atoms with Crippen molar-refractivity contribution in [2.75, 3.05) is 36.4 Å². The largest absolute Gasteiger partial charge is 0.508 e. The third-order valence-electron chi connectivity index (χ3n) is 4.61. The summed E-state index contributed by atoms with van der Waals surface area (Å²) < 4.78 is 0. The van der Waals surface area contributed by atoms with Gasteiger partial charge in [0.2, 0.25) is 5.91 Å². The third kappa shape index (κ3) is 5.07. The predicted molar refractivity (Wildman–Crippen MR) is 110 cm³/mol. The predicted octanol–water partition coefficient (Wildman–Crippen LogP) is 2.90. The van der Waals surface area contributed by atoms with Crippen molar-refractivity contribution < 1.29 is 14.7 Å². The fraction of sp³-hybridized carbons (Fsp3) is 0.300. The summed E-state index contributed by atoms with van der Waals surface area (Å²) in [5, 5.41) is 15.5. The van der Waals surface area contributed by atoms with Crippen LogP contribution in [-0.4, -0.2) is 54.2 Å². The lowest BCUT2D eigenvalue weighted by atomic mass is 10.2. The number of hydrogen-bond donors (Lipinski definition) is 3. The average Bonchev–Trinajstić information content (AvgIpc) is 2.68. The Morgan fingerprint density at radius 2 is 1.75 bits per heavy atom. The lowest BCUT2D eigenvalue weighted by Crippen LogP contribution is -2.54. The molecule has 2 aromatic rings. The van der Waals surface area contributed by atoms with Gasteiger partial charge in [0, 0.05) is 48.6 Å². The number of nitrogens with zero attached hydrogens (tertiary/aromatic N) is 2. The van der Waals surface area contributed by atoms with Crippen LogP contribution < -0.4 is 15.5 Å². The highest BCUT2D eigenvalue weighted by atomic mass is 35.5. The average molecular weight is 403 g/mol. The molecule has 7 nitrogen and oxygen atoms in total. The summed E-state index contributed by atoms with van der Waals surface area (Å²) in [6, 6.07) is 12.9. The summed E-state index contributed by atoms with van der Waals surface area (Å²) in [5.41, 5.74) is 1.55. The van der Waals surface area contributed by atoms with Crippen molar-refractivity contribution in [3.8, 4) is 5.75 Å². The molecule has 1 atom stereocenters. The smallest absolute Gasteiger partial charge is 0.318 e. The normalized spacial score (nSPS) is 15.1. The van der Waals surface area contributed by atoms with Gasteiger partial charge in [-0.2, -0.15) is 0 Å². The second-order valence-electron chi connectivity index (χ2n) is 6.66. The molecule has 0 spiro atoms. The number of phenolic OH excluding ortho intramolecular Hbond substituents is 1. The Morgan fingerprint density at radius 3 is 2.39 bits per heavy atom. The molecule has 3 amide bonds. The van der Waals surface area contributed by atoms with Crippen molar-refractivity contribution in [3.05, 3.63) is 53.6 Å². The van der Waals surface area contributed by atoms with E-state index in [0.717, 1.165) is 5.69 Å². The third-order valence-corrected chi connectivity index (χ3v) is 4.86. The van der Waals surface area contributed by atoms with Crippen LogP contribution in [0, 0.1) is 0 Å². The van der Waals surface area contributed by atoms with Gasteiger partial charge in [0.15, 0.2) is 0 Å². The number of aromatic hydroxyl groups is 1. The molecule has 8 heteroatoms. The Hall–Kier alpha value is -2.93. The van der Waals surface area contributed by atoms with Gasteiger partial charge in [-0.15, -0.1) is 0 Å². The van der Waals surface area contributed by atoms with Crippen LogP contribution in [0.25, 0.3) is 0 Å². The number of carbonyl (C=O) groups excluding carboxylic acids is 2. The molecule has 0 radical (unpaired) electrons. The number of piperazine rings is 1. The minimum absolute atomic E-state index is 0.0630. The highest BCUT2D eigenvalue weighted by molar-refractivity contribution is 6.30. The number of nitrogens with one attached hydrogen (secondary N) is 2. The number of anilines is 2. The molecule has 3 N–H and O–H groups in total. The summed E-state index contributed by atoms with van der Waals surface area (Å²) in [5.74, 6) is -0.285. The van der Waals surface area contributed by atoms with Crippen LogP contribution in [-0.2, 0) is 4.79 Å². The molecule has 0 aliphatic carbocycles. The Bertz CT molecular complexity index is 836. The van der Waals surface area contributed by atoms with Gasteiger partial charge in [-0.05, 0) is 43.3 Å². The van der Waals surface area contributed by atoms with E-state index >= 15 is 0 Å². The van der Waals surface area contributed by atoms with Gasteiger partial charge in [0.25, 0.3) is 0 Å². The minimum Gasteiger partial charge on any atom is -0.508 e. The highest BCUT2D eigenvalue weighted by Crippen LogP contribution is 2.19. The van der Waals surface area contributed by atoms with E-state index in [4.69, 9.17) is 11.6 Å². The molecule has 0 saturated carbocycles. The number of halogens is 1. The summed E-state index contributed by atoms with van der Waals surface area (Å²) in [6.07, 6.45) is 0. The van der Waals surface area contributed by atoms with Gasteiger partial charge < -0.3 is 25.5 Å². The first-order valence-electron chi connectivity index (χ1n) is 9.08. The summed E-state index contributed by atoms with van der Waals surface area (Å²) in [4.78, 5) is 28.6. The van der Waals surface area contributed by atoms with E-state index in [1.165, 1.54) is 12.1 Å². The van der Waals surface area contributed by atoms with Crippen LogP contribution in [0.5, 0.6) is 5.75 Å². The minimum atomic E-state index is -0.704. The molecule has 0 unspecified atom stereocenters. The molecule has 2 aromatic carbocycles. The van der Waals surface area contributed by atoms with Crippen LogP contribution in [0.3, 0.4) is 0 Å². The Balaban J connectivity index is 1.48. The van der Waals surface area contributed by atoms with E-state index in [9.17, 15) is 14.7 Å². The summed E-state index contributed by atoms with van der Waals surface area (Å²) >= 11 is 5.92. The number of hydrogen-bond acceptors (Lipinski definition) is 4. The molecule has 1 heterocycles. The van der Waals surface area contributed by atoms with Gasteiger partial charge in [0.05, 0.1) is 0 Å². The lowest BCUT2D eigenvalue weighted by molar-refractivity contribution is -0.117. The maximum atomic E-state index is 12.5. The van der Waals surface area contributed by atoms with Crippen molar-refractivity contribution in [1.29, 1.82) is 0 Å². The number of amides is 3. The van der Waals surface area contributed by atoms with Crippen molar-refractivity contribution in [2.24, 2.45) is 0 Å². The Labute approximate surface area is 168 Å². The van der Waals surface area contributed by atoms with E-state index in [2.05, 4.69) is 15.5 Å². The van der Waals surface area contributed by atoms with Crippen molar-refractivity contribution in [1.82, 2.24) is 10.2 Å². The molecular weight excluding hydrogens is 380 g/mol. The zero-order valence-corrected chi connectivity index (χ0v) is 16.3. The van der Waals surface area contributed by atoms with E-state index in [0.29, 0.717) is 36.9 Å². The maximum absolute atomic E-state index is 12.5. The molecule has 1 saturated heterocycles. The number of rotatable bonds is 4. The Morgan fingerprint density at radius 1 is 1.07 bits per heavy atom. The fourth-order valence-electron chi connectivity index (χ4n) is 3.00. The molecule has 0 bridgehead atoms. The van der Waals surface area contributed by atoms with Crippen LogP contribution in [0.4, 0.5) is 16.2 Å². The topological polar surface area (TPSA) is 84.9 Å². The summed E-state index contributed by atoms with van der Waals surface area (Å²) in [7, 11) is 0. The van der Waals surface area contributed by atoms with Gasteiger partial charge in [0.1, 0.15) is 11.8 Å². The van der Waals surface area contributed by atoms with Gasteiger partial charge in [-0.3, -0.25) is 4.79 Å². The SMILES string of the molecule is C[C@H](NC(=O)N1CCN(c2ccc(Cl)cc2)CC1)C(=O)Nc1cccc(O)c1. The van der Waals surface area contributed by atoms with Gasteiger partial charge >= 0.3 is 6.03 Å². The first kappa shape index (κ1) is 19.8. The first-order valence-corrected chi connectivity index (χ1v) is 9.46. The van der Waals surface area contributed by atoms with E-state index in [1.807, 2.05) is 24.3 Å². The standard InChI is InChI=1S/C20H23ClN4O3/c1-14(19(27)23-16-3-2-4-18(26)13-16)22-20(28)25-11-9-24(10-12-25)17-7-5-15(21)6-8-17/h2-8,13-14,26H,9-12H2,1H3,(H,22,28)(H,23,27)/t14-/m0/s1. The molecule has 3 rings (SSSR count). The Kier molecular flexibility index (Phi) is 6.26. The number of carbonyl (C=O) groups is 2. The molecule has 1 aliphatic heterocycles. The highest BCUT2D eigenvalue weighted by Gasteiger charge is 2.24. The number of phenols is 1. The van der Waals surface area contributed by atoms with Crippen molar-refractivity contribution >= 4 is 34.9 Å². The van der Waals surface area contributed by atoms with Crippen LogP contribution in [0.1, 0.15) is 6.92 Å². The van der Waals surface area contributed by atoms with Crippen molar-refractivity contribution in [3.63, 3.8) is 0 Å².